The number of likely N-dealkylation sites (N-methyl/N-ethyl adjacent to an activating group) is 1. The standard InChI is InChI=1S/C19H20ClN3O4S/c1-12-3-5-14(10-16(12)20)21-19(25)11-23(2)28(26,27)15-6-7-17-13(9-15)4-8-18(24)22-17/h3,5-7,9-10H,4,8,11H2,1-2H3,(H,21,25)(H,22,24). The van der Waals surface area contributed by atoms with Crippen LogP contribution in [0.1, 0.15) is 17.5 Å². The number of hydrogen-bond acceptors (Lipinski definition) is 4. The molecule has 0 unspecified atom stereocenters. The minimum absolute atomic E-state index is 0.0797. The first-order valence-electron chi connectivity index (χ1n) is 8.62. The summed E-state index contributed by atoms with van der Waals surface area (Å²) in [6.07, 6.45) is 0.788. The number of nitrogens with zero attached hydrogens (tertiary/aromatic N) is 1. The number of sulfonamides is 1. The van der Waals surface area contributed by atoms with Crippen molar-refractivity contribution in [3.8, 4) is 0 Å². The molecule has 7 nitrogen and oxygen atoms in total. The highest BCUT2D eigenvalue weighted by Crippen LogP contribution is 2.26. The average Bonchev–Trinajstić information content (AvgIpc) is 2.64. The fraction of sp³-hybridized carbons (Fsp3) is 0.263. The first kappa shape index (κ1) is 20.3. The van der Waals surface area contributed by atoms with Crippen LogP contribution in [0.25, 0.3) is 0 Å². The minimum atomic E-state index is -3.85. The number of halogens is 1. The predicted octanol–water partition coefficient (Wildman–Crippen LogP) is 2.79. The van der Waals surface area contributed by atoms with Crippen LogP contribution in [0.15, 0.2) is 41.3 Å². The number of hydrogen-bond donors (Lipinski definition) is 2. The Hall–Kier alpha value is -2.42. The number of anilines is 2. The van der Waals surface area contributed by atoms with E-state index < -0.39 is 15.9 Å². The largest absolute Gasteiger partial charge is 0.326 e. The fourth-order valence-electron chi connectivity index (χ4n) is 2.86. The number of aryl methyl sites for hydroxylation is 2. The van der Waals surface area contributed by atoms with Gasteiger partial charge in [-0.25, -0.2) is 8.42 Å². The summed E-state index contributed by atoms with van der Waals surface area (Å²) in [7, 11) is -2.51. The smallest absolute Gasteiger partial charge is 0.243 e. The molecule has 3 rings (SSSR count). The maximum absolute atomic E-state index is 12.8. The van der Waals surface area contributed by atoms with Gasteiger partial charge in [-0.2, -0.15) is 4.31 Å². The average molecular weight is 422 g/mol. The Balaban J connectivity index is 1.72. The molecule has 2 aromatic rings. The Kier molecular flexibility index (Phi) is 5.74. The third kappa shape index (κ3) is 4.35. The molecule has 0 saturated heterocycles. The van der Waals surface area contributed by atoms with Crippen LogP contribution in [0.3, 0.4) is 0 Å². The molecule has 1 aliphatic rings. The van der Waals surface area contributed by atoms with Gasteiger partial charge in [0.2, 0.25) is 21.8 Å². The first-order valence-corrected chi connectivity index (χ1v) is 10.4. The summed E-state index contributed by atoms with van der Waals surface area (Å²) in [4.78, 5) is 23.8. The van der Waals surface area contributed by atoms with E-state index in [9.17, 15) is 18.0 Å². The van der Waals surface area contributed by atoms with Crippen molar-refractivity contribution in [1.29, 1.82) is 0 Å². The van der Waals surface area contributed by atoms with E-state index in [0.29, 0.717) is 29.2 Å². The molecule has 2 aromatic carbocycles. The predicted molar refractivity (Wildman–Crippen MR) is 108 cm³/mol. The lowest BCUT2D eigenvalue weighted by Gasteiger charge is -2.20. The summed E-state index contributed by atoms with van der Waals surface area (Å²) in [6.45, 7) is 1.50. The van der Waals surface area contributed by atoms with Crippen LogP contribution >= 0.6 is 11.6 Å². The van der Waals surface area contributed by atoms with Crippen molar-refractivity contribution in [2.45, 2.75) is 24.7 Å². The second kappa shape index (κ2) is 7.90. The number of rotatable bonds is 5. The van der Waals surface area contributed by atoms with Gasteiger partial charge in [0.05, 0.1) is 11.4 Å². The summed E-state index contributed by atoms with van der Waals surface area (Å²) in [5.74, 6) is -0.565. The molecule has 1 heterocycles. The van der Waals surface area contributed by atoms with Crippen molar-refractivity contribution in [3.05, 3.63) is 52.5 Å². The summed E-state index contributed by atoms with van der Waals surface area (Å²) < 4.78 is 26.6. The maximum Gasteiger partial charge on any atom is 0.243 e. The number of nitrogens with one attached hydrogen (secondary N) is 2. The van der Waals surface area contributed by atoms with Crippen molar-refractivity contribution >= 4 is 44.8 Å². The van der Waals surface area contributed by atoms with E-state index in [2.05, 4.69) is 10.6 Å². The van der Waals surface area contributed by atoms with Crippen molar-refractivity contribution in [2.75, 3.05) is 24.2 Å². The van der Waals surface area contributed by atoms with Crippen molar-refractivity contribution in [1.82, 2.24) is 4.31 Å². The van der Waals surface area contributed by atoms with Crippen LogP contribution in [0.4, 0.5) is 11.4 Å². The normalized spacial score (nSPS) is 13.8. The zero-order valence-corrected chi connectivity index (χ0v) is 17.0. The van der Waals surface area contributed by atoms with Gasteiger partial charge in [0.25, 0.3) is 0 Å². The number of benzene rings is 2. The van der Waals surface area contributed by atoms with E-state index in [4.69, 9.17) is 11.6 Å². The van der Waals surface area contributed by atoms with Gasteiger partial charge < -0.3 is 10.6 Å². The minimum Gasteiger partial charge on any atom is -0.326 e. The Morgan fingerprint density at radius 1 is 1.21 bits per heavy atom. The van der Waals surface area contributed by atoms with Gasteiger partial charge in [-0.15, -0.1) is 0 Å². The van der Waals surface area contributed by atoms with E-state index in [0.717, 1.165) is 15.4 Å². The van der Waals surface area contributed by atoms with Gasteiger partial charge >= 0.3 is 0 Å². The molecule has 0 bridgehead atoms. The fourth-order valence-corrected chi connectivity index (χ4v) is 4.22. The van der Waals surface area contributed by atoms with Crippen molar-refractivity contribution in [3.63, 3.8) is 0 Å². The third-order valence-electron chi connectivity index (χ3n) is 4.50. The molecule has 0 fully saturated rings. The quantitative estimate of drug-likeness (QED) is 0.775. The van der Waals surface area contributed by atoms with Gasteiger partial charge in [0.1, 0.15) is 0 Å². The molecule has 0 spiro atoms. The zero-order chi connectivity index (χ0) is 20.5. The van der Waals surface area contributed by atoms with E-state index >= 15 is 0 Å². The van der Waals surface area contributed by atoms with Gasteiger partial charge in [-0.05, 0) is 54.8 Å². The summed E-state index contributed by atoms with van der Waals surface area (Å²) in [5, 5.41) is 5.87. The Bertz CT molecular complexity index is 1050. The molecule has 0 aromatic heterocycles. The highest BCUT2D eigenvalue weighted by molar-refractivity contribution is 7.89. The van der Waals surface area contributed by atoms with E-state index in [1.165, 1.54) is 19.2 Å². The molecular weight excluding hydrogens is 402 g/mol. The maximum atomic E-state index is 12.8. The Morgan fingerprint density at radius 3 is 2.68 bits per heavy atom. The lowest BCUT2D eigenvalue weighted by molar-refractivity contribution is -0.117. The number of amides is 2. The van der Waals surface area contributed by atoms with Crippen LogP contribution in [-0.4, -0.2) is 38.1 Å². The number of carbonyl (C=O) groups is 2. The topological polar surface area (TPSA) is 95.6 Å². The number of fused-ring (bicyclic) bond motifs is 1. The lowest BCUT2D eigenvalue weighted by Crippen LogP contribution is -2.35. The number of carbonyl (C=O) groups excluding carboxylic acids is 2. The molecule has 9 heteroatoms. The van der Waals surface area contributed by atoms with E-state index in [1.807, 2.05) is 6.92 Å². The highest BCUT2D eigenvalue weighted by Gasteiger charge is 2.25. The van der Waals surface area contributed by atoms with Gasteiger partial charge in [-0.1, -0.05) is 17.7 Å². The molecule has 0 saturated carbocycles. The summed E-state index contributed by atoms with van der Waals surface area (Å²) >= 11 is 6.04. The molecule has 1 aliphatic heterocycles. The second-order valence-electron chi connectivity index (χ2n) is 6.64. The molecular formula is C19H20ClN3O4S. The molecule has 2 N–H and O–H groups in total. The second-order valence-corrected chi connectivity index (χ2v) is 9.09. The van der Waals surface area contributed by atoms with E-state index in [-0.39, 0.29) is 17.3 Å². The molecule has 0 aliphatic carbocycles. The first-order chi connectivity index (χ1) is 13.2. The summed E-state index contributed by atoms with van der Waals surface area (Å²) in [5.41, 5.74) is 2.75. The highest BCUT2D eigenvalue weighted by atomic mass is 35.5. The molecule has 2 amide bonds. The Morgan fingerprint density at radius 2 is 1.96 bits per heavy atom. The van der Waals surface area contributed by atoms with Gasteiger partial charge in [-0.3, -0.25) is 9.59 Å². The van der Waals surface area contributed by atoms with E-state index in [1.54, 1.807) is 24.3 Å². The van der Waals surface area contributed by atoms with Gasteiger partial charge in [0, 0.05) is 29.9 Å². The van der Waals surface area contributed by atoms with Crippen molar-refractivity contribution < 1.29 is 18.0 Å². The summed E-state index contributed by atoms with van der Waals surface area (Å²) in [6, 6.07) is 9.62. The van der Waals surface area contributed by atoms with Crippen LogP contribution < -0.4 is 10.6 Å². The SMILES string of the molecule is Cc1ccc(NC(=O)CN(C)S(=O)(=O)c2ccc3c(c2)CCC(=O)N3)cc1Cl. The van der Waals surface area contributed by atoms with Crippen LogP contribution in [0, 0.1) is 6.92 Å². The molecule has 148 valence electrons. The van der Waals surface area contributed by atoms with Crippen LogP contribution in [0.2, 0.25) is 5.02 Å². The molecule has 28 heavy (non-hydrogen) atoms. The van der Waals surface area contributed by atoms with Gasteiger partial charge in [0.15, 0.2) is 0 Å². The lowest BCUT2D eigenvalue weighted by atomic mass is 10.0. The van der Waals surface area contributed by atoms with Crippen molar-refractivity contribution in [2.24, 2.45) is 0 Å². The molecule has 0 atom stereocenters. The Labute approximate surface area is 168 Å². The monoisotopic (exact) mass is 421 g/mol. The van der Waals surface area contributed by atoms with Crippen LogP contribution in [-0.2, 0) is 26.0 Å². The molecule has 0 radical (unpaired) electrons. The van der Waals surface area contributed by atoms with Crippen LogP contribution in [0.5, 0.6) is 0 Å². The zero-order valence-electron chi connectivity index (χ0n) is 15.5. The third-order valence-corrected chi connectivity index (χ3v) is 6.71.